The van der Waals surface area contributed by atoms with Gasteiger partial charge >= 0.3 is 0 Å². The molecule has 0 aliphatic carbocycles. The Bertz CT molecular complexity index is 755. The number of rotatable bonds is 6. The SMILES string of the molecule is CC(C)=C(C)c1cc(C(=O)NC(C)CCc2ccccc2)ccc1C. The second-order valence-corrected chi connectivity index (χ2v) is 7.05. The van der Waals surface area contributed by atoms with Crippen LogP contribution >= 0.6 is 0 Å². The third-order valence-corrected chi connectivity index (χ3v) is 4.74. The summed E-state index contributed by atoms with van der Waals surface area (Å²) in [6, 6.07) is 16.5. The van der Waals surface area contributed by atoms with Crippen LogP contribution in [0, 0.1) is 6.92 Å². The molecule has 2 rings (SSSR count). The van der Waals surface area contributed by atoms with Gasteiger partial charge in [0.15, 0.2) is 0 Å². The zero-order valence-corrected chi connectivity index (χ0v) is 16.0. The molecule has 0 saturated carbocycles. The van der Waals surface area contributed by atoms with Crippen molar-refractivity contribution in [3.05, 3.63) is 76.4 Å². The highest BCUT2D eigenvalue weighted by molar-refractivity contribution is 5.95. The lowest BCUT2D eigenvalue weighted by Gasteiger charge is -2.15. The maximum Gasteiger partial charge on any atom is 0.251 e. The van der Waals surface area contributed by atoms with Crippen molar-refractivity contribution < 1.29 is 4.79 Å². The average Bonchev–Trinajstić information content (AvgIpc) is 2.60. The first-order chi connectivity index (χ1) is 11.9. The van der Waals surface area contributed by atoms with Gasteiger partial charge in [-0.15, -0.1) is 0 Å². The van der Waals surface area contributed by atoms with Crippen molar-refractivity contribution in [2.45, 2.75) is 53.5 Å². The van der Waals surface area contributed by atoms with Crippen LogP contribution in [-0.4, -0.2) is 11.9 Å². The van der Waals surface area contributed by atoms with E-state index in [1.54, 1.807) is 0 Å². The Morgan fingerprint density at radius 3 is 2.36 bits per heavy atom. The van der Waals surface area contributed by atoms with Gasteiger partial charge in [0.2, 0.25) is 0 Å². The van der Waals surface area contributed by atoms with Crippen LogP contribution in [0.3, 0.4) is 0 Å². The van der Waals surface area contributed by atoms with Crippen molar-refractivity contribution in [2.75, 3.05) is 0 Å². The molecule has 0 aliphatic rings. The number of amides is 1. The first kappa shape index (κ1) is 19.0. The molecule has 0 aromatic heterocycles. The number of nitrogens with one attached hydrogen (secondary N) is 1. The van der Waals surface area contributed by atoms with Gasteiger partial charge in [0.25, 0.3) is 5.91 Å². The third kappa shape index (κ3) is 5.32. The Morgan fingerprint density at radius 1 is 1.04 bits per heavy atom. The van der Waals surface area contributed by atoms with E-state index in [1.807, 2.05) is 24.3 Å². The maximum atomic E-state index is 12.6. The number of hydrogen-bond acceptors (Lipinski definition) is 1. The maximum absolute atomic E-state index is 12.6. The van der Waals surface area contributed by atoms with Crippen LogP contribution in [0.1, 0.15) is 61.2 Å². The molecule has 0 radical (unpaired) electrons. The van der Waals surface area contributed by atoms with Crippen molar-refractivity contribution in [1.29, 1.82) is 0 Å². The number of hydrogen-bond donors (Lipinski definition) is 1. The molecule has 2 heteroatoms. The molecule has 0 spiro atoms. The van der Waals surface area contributed by atoms with Crippen LogP contribution in [0.2, 0.25) is 0 Å². The van der Waals surface area contributed by atoms with Crippen LogP contribution in [-0.2, 0) is 6.42 Å². The summed E-state index contributed by atoms with van der Waals surface area (Å²) in [5.74, 6) is 0.00312. The van der Waals surface area contributed by atoms with Crippen molar-refractivity contribution in [3.8, 4) is 0 Å². The van der Waals surface area contributed by atoms with Gasteiger partial charge in [-0.3, -0.25) is 4.79 Å². The van der Waals surface area contributed by atoms with Gasteiger partial charge in [-0.1, -0.05) is 42.0 Å². The minimum absolute atomic E-state index is 0.00312. The number of benzene rings is 2. The Balaban J connectivity index is 2.03. The minimum Gasteiger partial charge on any atom is -0.350 e. The lowest BCUT2D eigenvalue weighted by molar-refractivity contribution is 0.0938. The molecule has 1 amide bonds. The van der Waals surface area contributed by atoms with Crippen LogP contribution in [0.15, 0.2) is 54.1 Å². The van der Waals surface area contributed by atoms with Crippen LogP contribution in [0.25, 0.3) is 5.57 Å². The van der Waals surface area contributed by atoms with Crippen molar-refractivity contribution in [1.82, 2.24) is 5.32 Å². The number of allylic oxidation sites excluding steroid dienone is 2. The molecule has 132 valence electrons. The predicted molar refractivity (Wildman–Crippen MR) is 107 cm³/mol. The summed E-state index contributed by atoms with van der Waals surface area (Å²) in [6.07, 6.45) is 1.90. The molecule has 25 heavy (non-hydrogen) atoms. The van der Waals surface area contributed by atoms with Crippen molar-refractivity contribution in [2.24, 2.45) is 0 Å². The minimum atomic E-state index is 0.00312. The van der Waals surface area contributed by atoms with Gasteiger partial charge in [-0.05, 0) is 81.9 Å². The van der Waals surface area contributed by atoms with Crippen LogP contribution in [0.4, 0.5) is 0 Å². The zero-order valence-electron chi connectivity index (χ0n) is 16.0. The summed E-state index contributed by atoms with van der Waals surface area (Å²) < 4.78 is 0. The monoisotopic (exact) mass is 335 g/mol. The van der Waals surface area contributed by atoms with E-state index in [9.17, 15) is 4.79 Å². The van der Waals surface area contributed by atoms with E-state index in [0.29, 0.717) is 0 Å². The average molecular weight is 335 g/mol. The van der Waals surface area contributed by atoms with E-state index >= 15 is 0 Å². The molecule has 0 heterocycles. The van der Waals surface area contributed by atoms with E-state index in [-0.39, 0.29) is 11.9 Å². The number of aryl methyl sites for hydroxylation is 2. The van der Waals surface area contributed by atoms with Crippen molar-refractivity contribution in [3.63, 3.8) is 0 Å². The van der Waals surface area contributed by atoms with E-state index in [4.69, 9.17) is 0 Å². The van der Waals surface area contributed by atoms with Gasteiger partial charge in [-0.2, -0.15) is 0 Å². The highest BCUT2D eigenvalue weighted by Crippen LogP contribution is 2.23. The standard InChI is InChI=1S/C23H29NO/c1-16(2)19(5)22-15-21(14-11-17(22)3)23(25)24-18(4)12-13-20-9-7-6-8-10-20/h6-11,14-15,18H,12-13H2,1-5H3,(H,24,25). The molecular formula is C23H29NO. The predicted octanol–water partition coefficient (Wildman–Crippen LogP) is 5.56. The topological polar surface area (TPSA) is 29.1 Å². The lowest BCUT2D eigenvalue weighted by atomic mass is 9.96. The Kier molecular flexibility index (Phi) is 6.58. The third-order valence-electron chi connectivity index (χ3n) is 4.74. The quantitative estimate of drug-likeness (QED) is 0.735. The first-order valence-corrected chi connectivity index (χ1v) is 8.98. The highest BCUT2D eigenvalue weighted by Gasteiger charge is 2.12. The van der Waals surface area contributed by atoms with Crippen LogP contribution in [0.5, 0.6) is 0 Å². The Hall–Kier alpha value is -2.35. The van der Waals surface area contributed by atoms with E-state index in [1.165, 1.54) is 22.3 Å². The molecule has 0 bridgehead atoms. The fraction of sp³-hybridized carbons (Fsp3) is 0.348. The van der Waals surface area contributed by atoms with Crippen LogP contribution < -0.4 is 5.32 Å². The second kappa shape index (κ2) is 8.66. The fourth-order valence-corrected chi connectivity index (χ4v) is 2.84. The highest BCUT2D eigenvalue weighted by atomic mass is 16.1. The van der Waals surface area contributed by atoms with Gasteiger partial charge in [0.05, 0.1) is 0 Å². The molecule has 0 aliphatic heterocycles. The summed E-state index contributed by atoms with van der Waals surface area (Å²) in [7, 11) is 0. The van der Waals surface area contributed by atoms with E-state index < -0.39 is 0 Å². The molecule has 1 unspecified atom stereocenters. The number of carbonyl (C=O) groups excluding carboxylic acids is 1. The molecule has 2 nitrogen and oxygen atoms in total. The summed E-state index contributed by atoms with van der Waals surface area (Å²) in [5, 5.41) is 3.13. The molecule has 2 aromatic rings. The smallest absolute Gasteiger partial charge is 0.251 e. The first-order valence-electron chi connectivity index (χ1n) is 8.98. The lowest BCUT2D eigenvalue weighted by Crippen LogP contribution is -2.33. The van der Waals surface area contributed by atoms with Gasteiger partial charge in [-0.25, -0.2) is 0 Å². The Morgan fingerprint density at radius 2 is 1.72 bits per heavy atom. The van der Waals surface area contributed by atoms with Gasteiger partial charge in [0.1, 0.15) is 0 Å². The zero-order chi connectivity index (χ0) is 18.4. The van der Waals surface area contributed by atoms with E-state index in [2.05, 4.69) is 64.2 Å². The summed E-state index contributed by atoms with van der Waals surface area (Å²) in [6.45, 7) is 10.5. The summed E-state index contributed by atoms with van der Waals surface area (Å²) in [5.41, 5.74) is 6.91. The van der Waals surface area contributed by atoms with Gasteiger partial charge in [0, 0.05) is 11.6 Å². The normalized spacial score (nSPS) is 11.7. The molecule has 0 saturated heterocycles. The van der Waals surface area contributed by atoms with Crippen molar-refractivity contribution >= 4 is 11.5 Å². The molecule has 2 aromatic carbocycles. The second-order valence-electron chi connectivity index (χ2n) is 7.05. The Labute approximate surface area is 152 Å². The molecular weight excluding hydrogens is 306 g/mol. The summed E-state index contributed by atoms with van der Waals surface area (Å²) >= 11 is 0. The largest absolute Gasteiger partial charge is 0.350 e. The van der Waals surface area contributed by atoms with Gasteiger partial charge < -0.3 is 5.32 Å². The fourth-order valence-electron chi connectivity index (χ4n) is 2.84. The molecule has 1 atom stereocenters. The number of carbonyl (C=O) groups is 1. The van der Waals surface area contributed by atoms with E-state index in [0.717, 1.165) is 24.0 Å². The molecule has 1 N–H and O–H groups in total. The molecule has 0 fully saturated rings. The summed E-state index contributed by atoms with van der Waals surface area (Å²) in [4.78, 5) is 12.6.